The second kappa shape index (κ2) is 6.40. The summed E-state index contributed by atoms with van der Waals surface area (Å²) < 4.78 is 0. The molecule has 0 aliphatic rings. The van der Waals surface area contributed by atoms with Crippen LogP contribution >= 0.6 is 0 Å². The van der Waals surface area contributed by atoms with Gasteiger partial charge in [0.25, 0.3) is 0 Å². The molecule has 5 nitrogen and oxygen atoms in total. The van der Waals surface area contributed by atoms with Gasteiger partial charge in [-0.25, -0.2) is 0 Å². The van der Waals surface area contributed by atoms with E-state index in [1.165, 1.54) is 0 Å². The van der Waals surface area contributed by atoms with Crippen molar-refractivity contribution in [3.63, 3.8) is 0 Å². The number of carbonyl (C=O) groups is 2. The highest BCUT2D eigenvalue weighted by molar-refractivity contribution is 5.89. The van der Waals surface area contributed by atoms with Crippen LogP contribution in [0.3, 0.4) is 0 Å². The standard InChI is InChI=1S/C10H21N3O2/c1-5-8(11)10(15)13-7(4)9(14)12-6(2)3/h6-8H,5,11H2,1-4H3,(H,12,14)(H,13,15)/t7?,8-/m0/s1. The number of hydrogen-bond acceptors (Lipinski definition) is 3. The Morgan fingerprint density at radius 3 is 2.07 bits per heavy atom. The second-order valence-electron chi connectivity index (χ2n) is 3.91. The largest absolute Gasteiger partial charge is 0.352 e. The molecule has 0 saturated carbocycles. The fourth-order valence-electron chi connectivity index (χ4n) is 0.981. The Bertz CT molecular complexity index is 229. The number of rotatable bonds is 5. The highest BCUT2D eigenvalue weighted by atomic mass is 16.2. The molecule has 88 valence electrons. The Kier molecular flexibility index (Phi) is 5.93. The molecule has 0 aromatic carbocycles. The van der Waals surface area contributed by atoms with Crippen LogP contribution in [0.15, 0.2) is 0 Å². The Balaban J connectivity index is 4.07. The highest BCUT2D eigenvalue weighted by Crippen LogP contribution is 1.90. The molecule has 2 amide bonds. The van der Waals surface area contributed by atoms with E-state index < -0.39 is 12.1 Å². The third-order valence-electron chi connectivity index (χ3n) is 1.96. The number of nitrogens with two attached hydrogens (primary N) is 1. The zero-order valence-electron chi connectivity index (χ0n) is 9.83. The van der Waals surface area contributed by atoms with Crippen molar-refractivity contribution in [1.82, 2.24) is 10.6 Å². The molecule has 1 unspecified atom stereocenters. The summed E-state index contributed by atoms with van der Waals surface area (Å²) in [6, 6.07) is -1.02. The third kappa shape index (κ3) is 5.37. The first-order chi connectivity index (χ1) is 6.88. The maximum absolute atomic E-state index is 11.4. The van der Waals surface area contributed by atoms with Gasteiger partial charge in [0.1, 0.15) is 6.04 Å². The van der Waals surface area contributed by atoms with Crippen molar-refractivity contribution < 1.29 is 9.59 Å². The summed E-state index contributed by atoms with van der Waals surface area (Å²) >= 11 is 0. The molecule has 0 spiro atoms. The zero-order valence-corrected chi connectivity index (χ0v) is 9.83. The first kappa shape index (κ1) is 13.9. The molecule has 4 N–H and O–H groups in total. The van der Waals surface area contributed by atoms with Crippen molar-refractivity contribution in [2.75, 3.05) is 0 Å². The van der Waals surface area contributed by atoms with Gasteiger partial charge in [-0.1, -0.05) is 6.92 Å². The summed E-state index contributed by atoms with van der Waals surface area (Å²) in [7, 11) is 0. The van der Waals surface area contributed by atoms with Gasteiger partial charge in [0.05, 0.1) is 6.04 Å². The predicted octanol–water partition coefficient (Wildman–Crippen LogP) is -0.247. The molecule has 0 aliphatic heterocycles. The first-order valence-corrected chi connectivity index (χ1v) is 5.24. The Morgan fingerprint density at radius 2 is 1.67 bits per heavy atom. The number of hydrogen-bond donors (Lipinski definition) is 3. The Hall–Kier alpha value is -1.10. The summed E-state index contributed by atoms with van der Waals surface area (Å²) in [6.45, 7) is 7.19. The SMILES string of the molecule is CC[C@H](N)C(=O)NC(C)C(=O)NC(C)C. The van der Waals surface area contributed by atoms with Crippen LogP contribution in [0.25, 0.3) is 0 Å². The van der Waals surface area contributed by atoms with Crippen LogP contribution in [0.1, 0.15) is 34.1 Å². The first-order valence-electron chi connectivity index (χ1n) is 5.24. The molecule has 0 rings (SSSR count). The van der Waals surface area contributed by atoms with Crippen molar-refractivity contribution in [1.29, 1.82) is 0 Å². The van der Waals surface area contributed by atoms with Gasteiger partial charge >= 0.3 is 0 Å². The van der Waals surface area contributed by atoms with E-state index in [0.29, 0.717) is 6.42 Å². The molecule has 0 saturated heterocycles. The highest BCUT2D eigenvalue weighted by Gasteiger charge is 2.18. The summed E-state index contributed by atoms with van der Waals surface area (Å²) in [6.07, 6.45) is 0.560. The molecule has 5 heteroatoms. The van der Waals surface area contributed by atoms with Crippen LogP contribution < -0.4 is 16.4 Å². The van der Waals surface area contributed by atoms with Crippen molar-refractivity contribution >= 4 is 11.8 Å². The molecule has 0 aliphatic carbocycles. The molecule has 0 heterocycles. The lowest BCUT2D eigenvalue weighted by molar-refractivity contribution is -0.129. The van der Waals surface area contributed by atoms with Crippen LogP contribution in [0, 0.1) is 0 Å². The van der Waals surface area contributed by atoms with Gasteiger partial charge in [-0.05, 0) is 27.2 Å². The van der Waals surface area contributed by atoms with E-state index in [-0.39, 0.29) is 17.9 Å². The van der Waals surface area contributed by atoms with E-state index in [2.05, 4.69) is 10.6 Å². The minimum absolute atomic E-state index is 0.0664. The lowest BCUT2D eigenvalue weighted by Crippen LogP contribution is -2.51. The second-order valence-corrected chi connectivity index (χ2v) is 3.91. The van der Waals surface area contributed by atoms with Gasteiger partial charge in [0, 0.05) is 6.04 Å². The lowest BCUT2D eigenvalue weighted by atomic mass is 10.2. The molecule has 0 radical (unpaired) electrons. The summed E-state index contributed by atoms with van der Waals surface area (Å²) in [5.74, 6) is -0.481. The van der Waals surface area contributed by atoms with Gasteiger partial charge in [-0.2, -0.15) is 0 Å². The van der Waals surface area contributed by atoms with Crippen LogP contribution in [-0.4, -0.2) is 29.9 Å². The molecule has 0 aromatic rings. The molecule has 0 fully saturated rings. The van der Waals surface area contributed by atoms with E-state index in [4.69, 9.17) is 5.73 Å². The van der Waals surface area contributed by atoms with E-state index in [1.807, 2.05) is 20.8 Å². The summed E-state index contributed by atoms with van der Waals surface area (Å²) in [5.41, 5.74) is 5.52. The van der Waals surface area contributed by atoms with Crippen molar-refractivity contribution in [2.24, 2.45) is 5.73 Å². The van der Waals surface area contributed by atoms with Crippen LogP contribution in [0.2, 0.25) is 0 Å². The minimum atomic E-state index is -0.544. The van der Waals surface area contributed by atoms with E-state index >= 15 is 0 Å². The molecular weight excluding hydrogens is 194 g/mol. The van der Waals surface area contributed by atoms with Gasteiger partial charge in [-0.15, -0.1) is 0 Å². The predicted molar refractivity (Wildman–Crippen MR) is 59.1 cm³/mol. The molecule has 15 heavy (non-hydrogen) atoms. The molecule has 0 bridgehead atoms. The Labute approximate surface area is 90.8 Å². The average molecular weight is 215 g/mol. The van der Waals surface area contributed by atoms with Gasteiger partial charge < -0.3 is 16.4 Å². The lowest BCUT2D eigenvalue weighted by Gasteiger charge is -2.17. The quantitative estimate of drug-likeness (QED) is 0.591. The normalized spacial score (nSPS) is 14.5. The summed E-state index contributed by atoms with van der Waals surface area (Å²) in [4.78, 5) is 22.8. The molecule has 2 atom stereocenters. The van der Waals surface area contributed by atoms with Crippen molar-refractivity contribution in [2.45, 2.75) is 52.2 Å². The smallest absolute Gasteiger partial charge is 0.242 e. The van der Waals surface area contributed by atoms with Crippen LogP contribution in [0.4, 0.5) is 0 Å². The molecular formula is C10H21N3O2. The van der Waals surface area contributed by atoms with E-state index in [9.17, 15) is 9.59 Å². The average Bonchev–Trinajstić information content (AvgIpc) is 2.15. The number of carbonyl (C=O) groups excluding carboxylic acids is 2. The van der Waals surface area contributed by atoms with Gasteiger partial charge in [-0.3, -0.25) is 9.59 Å². The number of amides is 2. The van der Waals surface area contributed by atoms with E-state index in [0.717, 1.165) is 0 Å². The molecule has 0 aromatic heterocycles. The Morgan fingerprint density at radius 1 is 1.13 bits per heavy atom. The van der Waals surface area contributed by atoms with Gasteiger partial charge in [0.2, 0.25) is 11.8 Å². The monoisotopic (exact) mass is 215 g/mol. The third-order valence-corrected chi connectivity index (χ3v) is 1.96. The van der Waals surface area contributed by atoms with E-state index in [1.54, 1.807) is 6.92 Å². The fourth-order valence-corrected chi connectivity index (χ4v) is 0.981. The minimum Gasteiger partial charge on any atom is -0.352 e. The maximum atomic E-state index is 11.4. The number of nitrogens with one attached hydrogen (secondary N) is 2. The van der Waals surface area contributed by atoms with Crippen molar-refractivity contribution in [3.05, 3.63) is 0 Å². The zero-order chi connectivity index (χ0) is 12.0. The maximum Gasteiger partial charge on any atom is 0.242 e. The van der Waals surface area contributed by atoms with Crippen molar-refractivity contribution in [3.8, 4) is 0 Å². The van der Waals surface area contributed by atoms with Gasteiger partial charge in [0.15, 0.2) is 0 Å². The fraction of sp³-hybridized carbons (Fsp3) is 0.800. The topological polar surface area (TPSA) is 84.2 Å². The summed E-state index contributed by atoms with van der Waals surface area (Å²) in [5, 5.41) is 5.27. The van der Waals surface area contributed by atoms with Crippen LogP contribution in [0.5, 0.6) is 0 Å². The van der Waals surface area contributed by atoms with Crippen LogP contribution in [-0.2, 0) is 9.59 Å².